The van der Waals surface area contributed by atoms with E-state index in [1.54, 1.807) is 0 Å². The van der Waals surface area contributed by atoms with Crippen LogP contribution in [0.4, 0.5) is 5.69 Å². The number of aryl methyl sites for hydroxylation is 2. The summed E-state index contributed by atoms with van der Waals surface area (Å²) < 4.78 is 6.53. The van der Waals surface area contributed by atoms with Crippen LogP contribution in [0.5, 0.6) is 0 Å². The maximum Gasteiger partial charge on any atom is 0.250 e. The van der Waals surface area contributed by atoms with Crippen LogP contribution in [-0.2, 0) is 25.7 Å². The quantitative estimate of drug-likeness (QED) is 0.414. The zero-order chi connectivity index (χ0) is 27.2. The Balaban J connectivity index is 1.49. The fourth-order valence-corrected chi connectivity index (χ4v) is 7.39. The van der Waals surface area contributed by atoms with Crippen molar-refractivity contribution in [3.8, 4) is 0 Å². The topological polar surface area (TPSA) is 108 Å². The number of carbonyl (C=O) groups excluding carboxylic acids is 3. The van der Waals surface area contributed by atoms with Crippen molar-refractivity contribution in [1.82, 2.24) is 10.2 Å². The summed E-state index contributed by atoms with van der Waals surface area (Å²) in [5, 5.41) is 16.2. The van der Waals surface area contributed by atoms with E-state index in [0.29, 0.717) is 25.1 Å². The fraction of sp³-hybridized carbons (Fsp3) is 0.483. The van der Waals surface area contributed by atoms with Crippen LogP contribution in [-0.4, -0.2) is 63.0 Å². The van der Waals surface area contributed by atoms with Crippen molar-refractivity contribution < 1.29 is 24.2 Å². The Bertz CT molecular complexity index is 1240. The highest BCUT2D eigenvalue weighted by Gasteiger charge is 2.77. The number of hydrogen-bond donors (Lipinski definition) is 3. The van der Waals surface area contributed by atoms with Crippen molar-refractivity contribution in [2.24, 2.45) is 11.8 Å². The van der Waals surface area contributed by atoms with E-state index in [9.17, 15) is 19.5 Å². The van der Waals surface area contributed by atoms with Crippen molar-refractivity contribution in [2.45, 2.75) is 68.8 Å². The molecule has 3 fully saturated rings. The number of carbonyl (C=O) groups is 3. The lowest BCUT2D eigenvalue weighted by Gasteiger charge is -2.36. The first-order chi connectivity index (χ1) is 18.2. The molecule has 1 spiro atoms. The van der Waals surface area contributed by atoms with E-state index < -0.39 is 35.6 Å². The predicted molar refractivity (Wildman–Crippen MR) is 147 cm³/mol. The van der Waals surface area contributed by atoms with Crippen molar-refractivity contribution >= 4 is 39.3 Å². The van der Waals surface area contributed by atoms with Crippen LogP contribution in [0, 0.1) is 25.7 Å². The summed E-state index contributed by atoms with van der Waals surface area (Å²) in [5.41, 5.74) is 2.34. The monoisotopic (exact) mass is 583 g/mol. The van der Waals surface area contributed by atoms with Gasteiger partial charge in [0.2, 0.25) is 17.7 Å². The van der Waals surface area contributed by atoms with Crippen LogP contribution in [0.15, 0.2) is 48.5 Å². The molecule has 0 radical (unpaired) electrons. The highest BCUT2D eigenvalue weighted by Crippen LogP contribution is 2.60. The second kappa shape index (κ2) is 10.4. The normalized spacial score (nSPS) is 30.3. The number of rotatable bonds is 8. The van der Waals surface area contributed by atoms with Crippen molar-refractivity contribution in [2.75, 3.05) is 11.9 Å². The van der Waals surface area contributed by atoms with Gasteiger partial charge in [0.1, 0.15) is 11.6 Å². The molecular formula is C29H34BrN3O5. The standard InChI is InChI=1S/C29H34BrN3O5/c1-4-19(15-34)33-25(27(36)32-21-12-16(2)10-11-17(21)3)29-13-20(30)24(38-29)22(23(29)28(33)37)26(35)31-14-18-8-6-5-7-9-18/h5-12,19-20,22-25,34H,4,13-15H2,1-3H3,(H,31,35)(H,32,36)/t19-,20?,22-,23-,24-,25?,29?/m0/s1. The first-order valence-electron chi connectivity index (χ1n) is 13.2. The van der Waals surface area contributed by atoms with E-state index in [0.717, 1.165) is 16.7 Å². The molecule has 0 aliphatic carbocycles. The Morgan fingerprint density at radius 2 is 1.92 bits per heavy atom. The molecule has 8 nitrogen and oxygen atoms in total. The predicted octanol–water partition coefficient (Wildman–Crippen LogP) is 3.08. The smallest absolute Gasteiger partial charge is 0.250 e. The number of fused-ring (bicyclic) bond motifs is 1. The van der Waals surface area contributed by atoms with E-state index in [1.165, 1.54) is 4.90 Å². The highest BCUT2D eigenvalue weighted by atomic mass is 79.9. The molecule has 3 unspecified atom stereocenters. The lowest BCUT2D eigenvalue weighted by atomic mass is 9.70. The van der Waals surface area contributed by atoms with E-state index >= 15 is 0 Å². The number of benzene rings is 2. The summed E-state index contributed by atoms with van der Waals surface area (Å²) in [7, 11) is 0. The third-order valence-corrected chi connectivity index (χ3v) is 9.16. The fourth-order valence-electron chi connectivity index (χ4n) is 6.45. The number of nitrogens with one attached hydrogen (secondary N) is 2. The number of hydrogen-bond acceptors (Lipinski definition) is 5. The number of anilines is 1. The van der Waals surface area contributed by atoms with Crippen molar-refractivity contribution in [1.29, 1.82) is 0 Å². The summed E-state index contributed by atoms with van der Waals surface area (Å²) in [6.07, 6.45) is 0.344. The number of aliphatic hydroxyl groups is 1. The molecule has 3 heterocycles. The summed E-state index contributed by atoms with van der Waals surface area (Å²) in [4.78, 5) is 43.0. The molecule has 0 saturated carbocycles. The number of nitrogens with zero attached hydrogens (tertiary/aromatic N) is 1. The molecule has 2 aromatic carbocycles. The number of likely N-dealkylation sites (tertiary alicyclic amines) is 1. The first-order valence-corrected chi connectivity index (χ1v) is 14.1. The van der Waals surface area contributed by atoms with Gasteiger partial charge in [0.15, 0.2) is 0 Å². The minimum Gasteiger partial charge on any atom is -0.394 e. The number of aliphatic hydroxyl groups excluding tert-OH is 1. The maximum atomic E-state index is 14.1. The maximum absolute atomic E-state index is 14.1. The molecule has 3 aliphatic rings. The van der Waals surface area contributed by atoms with Gasteiger partial charge in [-0.1, -0.05) is 65.3 Å². The van der Waals surface area contributed by atoms with Gasteiger partial charge in [-0.3, -0.25) is 14.4 Å². The minimum absolute atomic E-state index is 0.191. The Labute approximate surface area is 231 Å². The van der Waals surface area contributed by atoms with Crippen molar-refractivity contribution in [3.05, 3.63) is 65.2 Å². The molecule has 3 amide bonds. The van der Waals surface area contributed by atoms with E-state index in [-0.39, 0.29) is 29.2 Å². The molecule has 3 aliphatic heterocycles. The number of ether oxygens (including phenoxy) is 1. The first kappa shape index (κ1) is 26.8. The molecule has 202 valence electrons. The van der Waals surface area contributed by atoms with E-state index in [2.05, 4.69) is 26.6 Å². The number of alkyl halides is 1. The largest absolute Gasteiger partial charge is 0.394 e. The van der Waals surface area contributed by atoms with Gasteiger partial charge in [0, 0.05) is 17.1 Å². The Hall–Kier alpha value is -2.75. The molecule has 5 rings (SSSR count). The molecule has 3 saturated heterocycles. The van der Waals surface area contributed by atoms with Gasteiger partial charge in [-0.25, -0.2) is 0 Å². The molecule has 3 N–H and O–H groups in total. The average molecular weight is 585 g/mol. The van der Waals surface area contributed by atoms with E-state index in [1.807, 2.05) is 69.3 Å². The Morgan fingerprint density at radius 1 is 1.18 bits per heavy atom. The van der Waals surface area contributed by atoms with Crippen LogP contribution in [0.1, 0.15) is 36.5 Å². The van der Waals surface area contributed by atoms with Gasteiger partial charge >= 0.3 is 0 Å². The summed E-state index contributed by atoms with van der Waals surface area (Å²) >= 11 is 3.69. The highest BCUT2D eigenvalue weighted by molar-refractivity contribution is 9.09. The van der Waals surface area contributed by atoms with Gasteiger partial charge in [-0.2, -0.15) is 0 Å². The molecule has 7 atom stereocenters. The lowest BCUT2D eigenvalue weighted by molar-refractivity contribution is -0.144. The van der Waals surface area contributed by atoms with Crippen LogP contribution >= 0.6 is 15.9 Å². The van der Waals surface area contributed by atoms with Crippen LogP contribution in [0.3, 0.4) is 0 Å². The third kappa shape index (κ3) is 4.34. The summed E-state index contributed by atoms with van der Waals surface area (Å²) in [6.45, 7) is 5.78. The zero-order valence-electron chi connectivity index (χ0n) is 21.8. The van der Waals surface area contributed by atoms with Crippen molar-refractivity contribution in [3.63, 3.8) is 0 Å². The summed E-state index contributed by atoms with van der Waals surface area (Å²) in [5.74, 6) is -2.51. The van der Waals surface area contributed by atoms with Crippen LogP contribution < -0.4 is 10.6 Å². The Morgan fingerprint density at radius 3 is 2.61 bits per heavy atom. The Kier molecular flexibility index (Phi) is 7.37. The molecule has 2 aromatic rings. The van der Waals surface area contributed by atoms with Gasteiger partial charge in [-0.15, -0.1) is 0 Å². The second-order valence-corrected chi connectivity index (χ2v) is 11.8. The third-order valence-electron chi connectivity index (χ3n) is 8.31. The lowest BCUT2D eigenvalue weighted by Crippen LogP contribution is -2.56. The molecule has 2 bridgehead atoms. The van der Waals surface area contributed by atoms with Gasteiger partial charge in [0.25, 0.3) is 0 Å². The second-order valence-electron chi connectivity index (χ2n) is 10.7. The number of amides is 3. The molecule has 9 heteroatoms. The summed E-state index contributed by atoms with van der Waals surface area (Å²) in [6, 6.07) is 13.8. The molecule has 0 aromatic heterocycles. The molecular weight excluding hydrogens is 550 g/mol. The SMILES string of the molecule is CC[C@@H](CO)N1C(=O)[C@@H]2[C@H](C(=O)NCc3ccccc3)[C@H]3OC2(CC3Br)C1C(=O)Nc1cc(C)ccc1C. The zero-order valence-corrected chi connectivity index (χ0v) is 23.4. The van der Waals surface area contributed by atoms with Crippen LogP contribution in [0.25, 0.3) is 0 Å². The van der Waals surface area contributed by atoms with Gasteiger partial charge in [0.05, 0.1) is 30.6 Å². The molecule has 38 heavy (non-hydrogen) atoms. The minimum atomic E-state index is -1.17. The van der Waals surface area contributed by atoms with E-state index in [4.69, 9.17) is 4.74 Å². The van der Waals surface area contributed by atoms with Gasteiger partial charge < -0.3 is 25.4 Å². The average Bonchev–Trinajstić information content (AvgIpc) is 3.50. The number of halogens is 1. The van der Waals surface area contributed by atoms with Gasteiger partial charge in [-0.05, 0) is 49.4 Å². The van der Waals surface area contributed by atoms with Crippen LogP contribution in [0.2, 0.25) is 0 Å².